The molecular weight excluding hydrogens is 282 g/mol. The van der Waals surface area contributed by atoms with Crippen molar-refractivity contribution >= 4 is 32.8 Å². The maximum absolute atomic E-state index is 12.2. The first-order valence-corrected chi connectivity index (χ1v) is 6.57. The Bertz CT molecular complexity index is 530. The number of nitrogens with zero attached hydrogens (tertiary/aromatic N) is 1. The number of fused-ring (bicyclic) bond motifs is 1. The third kappa shape index (κ3) is 1.97. The number of hydrogen-bond acceptors (Lipinski definition) is 2. The maximum Gasteiger partial charge on any atom is 0.289 e. The molecule has 4 heteroatoms. The van der Waals surface area contributed by atoms with E-state index in [1.54, 1.807) is 0 Å². The Balaban J connectivity index is 1.90. The second-order valence-corrected chi connectivity index (χ2v) is 5.58. The highest BCUT2D eigenvalue weighted by molar-refractivity contribution is 9.09. The van der Waals surface area contributed by atoms with Crippen molar-refractivity contribution in [3.8, 4) is 0 Å². The van der Waals surface area contributed by atoms with E-state index in [-0.39, 0.29) is 5.91 Å². The normalized spacial score (nSPS) is 20.1. The number of benzene rings is 1. The van der Waals surface area contributed by atoms with Crippen LogP contribution in [0, 0.1) is 0 Å². The largest absolute Gasteiger partial charge is 0.451 e. The summed E-state index contributed by atoms with van der Waals surface area (Å²) in [5, 5.41) is 0.977. The minimum Gasteiger partial charge on any atom is -0.451 e. The molecule has 0 aliphatic carbocycles. The number of halogens is 1. The zero-order valence-corrected chi connectivity index (χ0v) is 10.8. The van der Waals surface area contributed by atoms with Gasteiger partial charge in [-0.05, 0) is 18.6 Å². The van der Waals surface area contributed by atoms with Crippen LogP contribution in [0.4, 0.5) is 0 Å². The van der Waals surface area contributed by atoms with E-state index < -0.39 is 0 Å². The molecule has 1 fully saturated rings. The van der Waals surface area contributed by atoms with Crippen LogP contribution in [0.5, 0.6) is 0 Å². The monoisotopic (exact) mass is 293 g/mol. The van der Waals surface area contributed by atoms with E-state index in [2.05, 4.69) is 15.9 Å². The summed E-state index contributed by atoms with van der Waals surface area (Å²) >= 11 is 3.53. The van der Waals surface area contributed by atoms with Crippen LogP contribution in [0.15, 0.2) is 34.7 Å². The molecule has 1 aliphatic heterocycles. The molecule has 0 bridgehead atoms. The molecule has 0 spiro atoms. The molecule has 17 heavy (non-hydrogen) atoms. The lowest BCUT2D eigenvalue weighted by molar-refractivity contribution is 0.0764. The molecule has 3 nitrogen and oxygen atoms in total. The minimum absolute atomic E-state index is 0.0110. The van der Waals surface area contributed by atoms with Gasteiger partial charge in [-0.25, -0.2) is 0 Å². The third-order valence-corrected chi connectivity index (χ3v) is 3.80. The van der Waals surface area contributed by atoms with Gasteiger partial charge in [0.15, 0.2) is 5.76 Å². The first-order chi connectivity index (χ1) is 8.24. The molecule has 2 heterocycles. The topological polar surface area (TPSA) is 33.5 Å². The summed E-state index contributed by atoms with van der Waals surface area (Å²) < 4.78 is 5.57. The summed E-state index contributed by atoms with van der Waals surface area (Å²) in [6.07, 6.45) is 1.01. The Morgan fingerprint density at radius 2 is 2.24 bits per heavy atom. The van der Waals surface area contributed by atoms with Crippen LogP contribution < -0.4 is 0 Å². The fourth-order valence-corrected chi connectivity index (χ4v) is 2.70. The smallest absolute Gasteiger partial charge is 0.289 e. The van der Waals surface area contributed by atoms with Crippen molar-refractivity contribution < 1.29 is 9.21 Å². The van der Waals surface area contributed by atoms with E-state index in [9.17, 15) is 4.79 Å². The summed E-state index contributed by atoms with van der Waals surface area (Å²) in [6, 6.07) is 9.50. The van der Waals surface area contributed by atoms with E-state index in [0.717, 1.165) is 30.5 Å². The Labute approximate surface area is 108 Å². The van der Waals surface area contributed by atoms with Crippen molar-refractivity contribution in [2.45, 2.75) is 11.2 Å². The van der Waals surface area contributed by atoms with Gasteiger partial charge in [0.25, 0.3) is 5.91 Å². The quantitative estimate of drug-likeness (QED) is 0.757. The highest BCUT2D eigenvalue weighted by atomic mass is 79.9. The molecule has 2 aromatic rings. The van der Waals surface area contributed by atoms with Gasteiger partial charge >= 0.3 is 0 Å². The highest BCUT2D eigenvalue weighted by Crippen LogP contribution is 2.23. The predicted molar refractivity (Wildman–Crippen MR) is 69.4 cm³/mol. The predicted octanol–water partition coefficient (Wildman–Crippen LogP) is 3.04. The van der Waals surface area contributed by atoms with Gasteiger partial charge in [0.1, 0.15) is 5.58 Å². The van der Waals surface area contributed by atoms with E-state index >= 15 is 0 Å². The molecular formula is C13H12BrNO2. The molecule has 3 rings (SSSR count). The molecule has 0 saturated carbocycles. The number of para-hydroxylation sites is 1. The highest BCUT2D eigenvalue weighted by Gasteiger charge is 2.27. The summed E-state index contributed by atoms with van der Waals surface area (Å²) in [5.74, 6) is 0.427. The summed E-state index contributed by atoms with van der Waals surface area (Å²) in [5.41, 5.74) is 0.769. The number of carbonyl (C=O) groups is 1. The van der Waals surface area contributed by atoms with Crippen LogP contribution in [0.2, 0.25) is 0 Å². The van der Waals surface area contributed by atoms with E-state index in [0.29, 0.717) is 10.6 Å². The van der Waals surface area contributed by atoms with Crippen LogP contribution >= 0.6 is 15.9 Å². The zero-order chi connectivity index (χ0) is 11.8. The second-order valence-electron chi connectivity index (χ2n) is 4.29. The van der Waals surface area contributed by atoms with Crippen LogP contribution in [0.1, 0.15) is 17.0 Å². The Morgan fingerprint density at radius 3 is 2.94 bits per heavy atom. The number of furan rings is 1. The van der Waals surface area contributed by atoms with E-state index in [4.69, 9.17) is 4.42 Å². The average molecular weight is 294 g/mol. The lowest BCUT2D eigenvalue weighted by atomic mass is 10.2. The van der Waals surface area contributed by atoms with Gasteiger partial charge in [-0.15, -0.1) is 0 Å². The number of amides is 1. The van der Waals surface area contributed by atoms with Crippen LogP contribution in [-0.2, 0) is 0 Å². The lowest BCUT2D eigenvalue weighted by Gasteiger charge is -2.13. The molecule has 0 radical (unpaired) electrons. The van der Waals surface area contributed by atoms with Crippen LogP contribution in [0.25, 0.3) is 11.0 Å². The van der Waals surface area contributed by atoms with Gasteiger partial charge in [-0.3, -0.25) is 4.79 Å². The van der Waals surface area contributed by atoms with Crippen molar-refractivity contribution in [1.29, 1.82) is 0 Å². The first kappa shape index (κ1) is 10.8. The minimum atomic E-state index is -0.0110. The molecule has 1 aromatic carbocycles. The zero-order valence-electron chi connectivity index (χ0n) is 9.23. The Hall–Kier alpha value is -1.29. The number of alkyl halides is 1. The standard InChI is InChI=1S/C13H12BrNO2/c14-10-5-6-15(8-10)13(16)12-7-9-3-1-2-4-11(9)17-12/h1-4,7,10H,5-6,8H2. The van der Waals surface area contributed by atoms with Gasteiger partial charge in [-0.2, -0.15) is 0 Å². The fraction of sp³-hybridized carbons (Fsp3) is 0.308. The third-order valence-electron chi connectivity index (χ3n) is 3.05. The number of rotatable bonds is 1. The first-order valence-electron chi connectivity index (χ1n) is 5.66. The molecule has 1 unspecified atom stereocenters. The van der Waals surface area contributed by atoms with Crippen LogP contribution in [-0.4, -0.2) is 28.7 Å². The number of carbonyl (C=O) groups excluding carboxylic acids is 1. The summed E-state index contributed by atoms with van der Waals surface area (Å²) in [6.45, 7) is 1.56. The fourth-order valence-electron chi connectivity index (χ4n) is 2.15. The molecule has 1 aliphatic rings. The van der Waals surface area contributed by atoms with Crippen molar-refractivity contribution in [3.05, 3.63) is 36.1 Å². The van der Waals surface area contributed by atoms with E-state index in [1.807, 2.05) is 35.2 Å². The number of hydrogen-bond donors (Lipinski definition) is 0. The molecule has 1 amide bonds. The molecule has 0 N–H and O–H groups in total. The number of likely N-dealkylation sites (tertiary alicyclic amines) is 1. The molecule has 1 saturated heterocycles. The van der Waals surface area contributed by atoms with Gasteiger partial charge in [0, 0.05) is 23.3 Å². The van der Waals surface area contributed by atoms with Crippen molar-refractivity contribution in [1.82, 2.24) is 4.90 Å². The Morgan fingerprint density at radius 1 is 1.41 bits per heavy atom. The summed E-state index contributed by atoms with van der Waals surface area (Å²) in [4.78, 5) is 14.4. The average Bonchev–Trinajstić information content (AvgIpc) is 2.93. The SMILES string of the molecule is O=C(c1cc2ccccc2o1)N1CCC(Br)C1. The molecule has 88 valence electrons. The lowest BCUT2D eigenvalue weighted by Crippen LogP contribution is -2.28. The Kier molecular flexibility index (Phi) is 2.67. The molecule has 1 aromatic heterocycles. The van der Waals surface area contributed by atoms with Gasteiger partial charge in [0.05, 0.1) is 0 Å². The van der Waals surface area contributed by atoms with E-state index in [1.165, 1.54) is 0 Å². The van der Waals surface area contributed by atoms with Crippen LogP contribution in [0.3, 0.4) is 0 Å². The van der Waals surface area contributed by atoms with Gasteiger partial charge in [-0.1, -0.05) is 34.1 Å². The van der Waals surface area contributed by atoms with Crippen molar-refractivity contribution in [2.75, 3.05) is 13.1 Å². The molecule has 1 atom stereocenters. The second kappa shape index (κ2) is 4.18. The summed E-state index contributed by atoms with van der Waals surface area (Å²) in [7, 11) is 0. The maximum atomic E-state index is 12.2. The van der Waals surface area contributed by atoms with Crippen molar-refractivity contribution in [3.63, 3.8) is 0 Å². The van der Waals surface area contributed by atoms with Gasteiger partial charge in [0.2, 0.25) is 0 Å². The van der Waals surface area contributed by atoms with Gasteiger partial charge < -0.3 is 9.32 Å². The van der Waals surface area contributed by atoms with Crippen molar-refractivity contribution in [2.24, 2.45) is 0 Å².